The Morgan fingerprint density at radius 2 is 2.46 bits per heavy atom. The molecule has 1 aliphatic rings. The predicted octanol–water partition coefficient (Wildman–Crippen LogP) is 0.454. The van der Waals surface area contributed by atoms with Gasteiger partial charge in [-0.15, -0.1) is 5.10 Å². The smallest absolute Gasteiger partial charge is 0.0902 e. The largest absolute Gasteiger partial charge is 0.319 e. The lowest BCUT2D eigenvalue weighted by Gasteiger charge is -2.20. The first-order valence-corrected chi connectivity index (χ1v) is 4.86. The van der Waals surface area contributed by atoms with E-state index in [0.29, 0.717) is 5.92 Å². The first-order chi connectivity index (χ1) is 6.33. The first-order valence-electron chi connectivity index (χ1n) is 4.86. The Kier molecular flexibility index (Phi) is 2.31. The fourth-order valence-electron chi connectivity index (χ4n) is 2.10. The molecule has 0 amide bonds. The van der Waals surface area contributed by atoms with Crippen molar-refractivity contribution < 1.29 is 0 Å². The van der Waals surface area contributed by atoms with Crippen LogP contribution in [0.3, 0.4) is 0 Å². The second-order valence-electron chi connectivity index (χ2n) is 3.69. The van der Waals surface area contributed by atoms with Gasteiger partial charge in [-0.25, -0.2) is 0 Å². The van der Waals surface area contributed by atoms with Crippen molar-refractivity contribution in [2.24, 2.45) is 7.05 Å². The summed E-state index contributed by atoms with van der Waals surface area (Å²) in [5.41, 5.74) is 2.54. The van der Waals surface area contributed by atoms with Crippen LogP contribution < -0.4 is 5.32 Å². The van der Waals surface area contributed by atoms with E-state index >= 15 is 0 Å². The number of rotatable bonds is 2. The Hall–Kier alpha value is -0.900. The Morgan fingerprint density at radius 1 is 1.62 bits per heavy atom. The number of aryl methyl sites for hydroxylation is 1. The second kappa shape index (κ2) is 3.46. The van der Waals surface area contributed by atoms with Crippen LogP contribution in [-0.4, -0.2) is 28.6 Å². The summed E-state index contributed by atoms with van der Waals surface area (Å²) in [5, 5.41) is 11.5. The van der Waals surface area contributed by atoms with E-state index in [0.717, 1.165) is 13.0 Å². The maximum absolute atomic E-state index is 4.23. The van der Waals surface area contributed by atoms with Crippen LogP contribution in [0.2, 0.25) is 0 Å². The maximum atomic E-state index is 4.23. The standard InChI is InChI=1S/C9H16N4/c1-10-6-7-4-3-5-8-9(7)11-12-13(8)2/h7,10H,3-6H2,1-2H3. The molecule has 0 saturated carbocycles. The van der Waals surface area contributed by atoms with E-state index < -0.39 is 0 Å². The fraction of sp³-hybridized carbons (Fsp3) is 0.778. The Morgan fingerprint density at radius 3 is 3.23 bits per heavy atom. The molecule has 0 aromatic carbocycles. The number of fused-ring (bicyclic) bond motifs is 1. The summed E-state index contributed by atoms with van der Waals surface area (Å²) in [7, 11) is 3.97. The molecule has 1 atom stereocenters. The highest BCUT2D eigenvalue weighted by atomic mass is 15.4. The highest BCUT2D eigenvalue weighted by molar-refractivity contribution is 5.19. The summed E-state index contributed by atoms with van der Waals surface area (Å²) in [4.78, 5) is 0. The zero-order valence-corrected chi connectivity index (χ0v) is 8.25. The van der Waals surface area contributed by atoms with Crippen molar-refractivity contribution in [1.82, 2.24) is 20.3 Å². The van der Waals surface area contributed by atoms with E-state index in [9.17, 15) is 0 Å². The van der Waals surface area contributed by atoms with Crippen molar-refractivity contribution in [1.29, 1.82) is 0 Å². The number of nitrogens with one attached hydrogen (secondary N) is 1. The van der Waals surface area contributed by atoms with Crippen molar-refractivity contribution in [3.63, 3.8) is 0 Å². The van der Waals surface area contributed by atoms with Gasteiger partial charge in [-0.2, -0.15) is 0 Å². The van der Waals surface area contributed by atoms with Crippen LogP contribution in [-0.2, 0) is 13.5 Å². The minimum atomic E-state index is 0.572. The quantitative estimate of drug-likeness (QED) is 0.718. The van der Waals surface area contributed by atoms with Gasteiger partial charge in [0.05, 0.1) is 11.4 Å². The third kappa shape index (κ3) is 1.46. The van der Waals surface area contributed by atoms with Gasteiger partial charge in [-0.05, 0) is 26.3 Å². The van der Waals surface area contributed by atoms with E-state index in [1.165, 1.54) is 24.2 Å². The fourth-order valence-corrected chi connectivity index (χ4v) is 2.10. The molecule has 72 valence electrons. The number of hydrogen-bond acceptors (Lipinski definition) is 3. The maximum Gasteiger partial charge on any atom is 0.0902 e. The topological polar surface area (TPSA) is 42.7 Å². The molecule has 1 N–H and O–H groups in total. The Labute approximate surface area is 78.3 Å². The SMILES string of the molecule is CNCC1CCCc2c1nnn2C. The van der Waals surface area contributed by atoms with E-state index in [4.69, 9.17) is 0 Å². The lowest BCUT2D eigenvalue weighted by Crippen LogP contribution is -2.22. The van der Waals surface area contributed by atoms with Gasteiger partial charge < -0.3 is 5.32 Å². The lowest BCUT2D eigenvalue weighted by molar-refractivity contribution is 0.510. The molecule has 0 aliphatic heterocycles. The number of aromatic nitrogens is 3. The van der Waals surface area contributed by atoms with Gasteiger partial charge in [0.25, 0.3) is 0 Å². The molecular weight excluding hydrogens is 164 g/mol. The predicted molar refractivity (Wildman–Crippen MR) is 50.6 cm³/mol. The van der Waals surface area contributed by atoms with Crippen LogP contribution in [0.1, 0.15) is 30.1 Å². The van der Waals surface area contributed by atoms with Crippen LogP contribution in [0.5, 0.6) is 0 Å². The van der Waals surface area contributed by atoms with Crippen molar-refractivity contribution >= 4 is 0 Å². The molecule has 4 nitrogen and oxygen atoms in total. The molecule has 1 aromatic rings. The van der Waals surface area contributed by atoms with Gasteiger partial charge >= 0.3 is 0 Å². The molecule has 13 heavy (non-hydrogen) atoms. The number of likely N-dealkylation sites (N-methyl/N-ethyl adjacent to an activating group) is 1. The number of hydrogen-bond donors (Lipinski definition) is 1. The summed E-state index contributed by atoms with van der Waals surface area (Å²) in [5.74, 6) is 0.572. The van der Waals surface area contributed by atoms with Gasteiger partial charge in [0.15, 0.2) is 0 Å². The molecule has 0 fully saturated rings. The summed E-state index contributed by atoms with van der Waals surface area (Å²) in [6.45, 7) is 1.02. The molecule has 0 spiro atoms. The van der Waals surface area contributed by atoms with Crippen LogP contribution in [0.15, 0.2) is 0 Å². The summed E-state index contributed by atoms with van der Waals surface area (Å²) < 4.78 is 1.91. The van der Waals surface area contributed by atoms with Crippen molar-refractivity contribution in [3.05, 3.63) is 11.4 Å². The summed E-state index contributed by atoms with van der Waals surface area (Å²) >= 11 is 0. The van der Waals surface area contributed by atoms with Crippen molar-refractivity contribution in [2.45, 2.75) is 25.2 Å². The van der Waals surface area contributed by atoms with Crippen molar-refractivity contribution in [3.8, 4) is 0 Å². The average Bonchev–Trinajstić information content (AvgIpc) is 2.50. The van der Waals surface area contributed by atoms with Gasteiger partial charge in [0.1, 0.15) is 0 Å². The van der Waals surface area contributed by atoms with Gasteiger partial charge in [-0.1, -0.05) is 5.21 Å². The zero-order chi connectivity index (χ0) is 9.26. The van der Waals surface area contributed by atoms with E-state index in [1.54, 1.807) is 0 Å². The third-order valence-electron chi connectivity index (χ3n) is 2.78. The normalized spacial score (nSPS) is 21.5. The van der Waals surface area contributed by atoms with Gasteiger partial charge in [0, 0.05) is 19.5 Å². The van der Waals surface area contributed by atoms with Gasteiger partial charge in [0.2, 0.25) is 0 Å². The highest BCUT2D eigenvalue weighted by Gasteiger charge is 2.24. The molecule has 1 unspecified atom stereocenters. The number of nitrogens with zero attached hydrogens (tertiary/aromatic N) is 3. The third-order valence-corrected chi connectivity index (χ3v) is 2.78. The summed E-state index contributed by atoms with van der Waals surface area (Å²) in [6.07, 6.45) is 3.64. The molecule has 0 saturated heterocycles. The van der Waals surface area contributed by atoms with E-state index in [1.807, 2.05) is 18.8 Å². The van der Waals surface area contributed by atoms with Crippen LogP contribution in [0.4, 0.5) is 0 Å². The Bertz CT molecular complexity index is 292. The molecule has 1 aliphatic carbocycles. The van der Waals surface area contributed by atoms with E-state index in [2.05, 4.69) is 15.6 Å². The molecule has 0 bridgehead atoms. The van der Waals surface area contributed by atoms with Gasteiger partial charge in [-0.3, -0.25) is 4.68 Å². The van der Waals surface area contributed by atoms with Crippen LogP contribution in [0, 0.1) is 0 Å². The second-order valence-corrected chi connectivity index (χ2v) is 3.69. The highest BCUT2D eigenvalue weighted by Crippen LogP contribution is 2.28. The first kappa shape index (κ1) is 8.69. The molecule has 4 heteroatoms. The average molecular weight is 180 g/mol. The van der Waals surface area contributed by atoms with E-state index in [-0.39, 0.29) is 0 Å². The molecular formula is C9H16N4. The molecule has 2 rings (SSSR count). The monoisotopic (exact) mass is 180 g/mol. The van der Waals surface area contributed by atoms with Crippen LogP contribution in [0.25, 0.3) is 0 Å². The van der Waals surface area contributed by atoms with Crippen LogP contribution >= 0.6 is 0 Å². The zero-order valence-electron chi connectivity index (χ0n) is 8.25. The minimum Gasteiger partial charge on any atom is -0.319 e. The minimum absolute atomic E-state index is 0.572. The molecule has 0 radical (unpaired) electrons. The Balaban J connectivity index is 2.27. The summed E-state index contributed by atoms with van der Waals surface area (Å²) in [6, 6.07) is 0. The lowest BCUT2D eigenvalue weighted by atomic mass is 9.90. The van der Waals surface area contributed by atoms with Crippen molar-refractivity contribution in [2.75, 3.05) is 13.6 Å². The molecule has 1 aromatic heterocycles. The molecule has 1 heterocycles.